The maximum atomic E-state index is 6.07. The van der Waals surface area contributed by atoms with Crippen LogP contribution in [0.1, 0.15) is 24.6 Å². The largest absolute Gasteiger partial charge is 0.459 e. The number of hydrogen-bond acceptors (Lipinski definition) is 2. The highest BCUT2D eigenvalue weighted by Crippen LogP contribution is 2.40. The highest BCUT2D eigenvalue weighted by molar-refractivity contribution is 5.85. The zero-order valence-electron chi connectivity index (χ0n) is 8.35. The Hall–Kier alpha value is -0.990. The van der Waals surface area contributed by atoms with E-state index < -0.39 is 0 Å². The number of fused-ring (bicyclic) bond motifs is 1. The summed E-state index contributed by atoms with van der Waals surface area (Å²) in [6, 6.07) is 10.2. The molecule has 0 saturated heterocycles. The van der Waals surface area contributed by atoms with Gasteiger partial charge in [0.15, 0.2) is 0 Å². The van der Waals surface area contributed by atoms with E-state index in [1.807, 2.05) is 18.2 Å². The summed E-state index contributed by atoms with van der Waals surface area (Å²) in [7, 11) is 0. The Morgan fingerprint density at radius 3 is 2.67 bits per heavy atom. The van der Waals surface area contributed by atoms with E-state index in [2.05, 4.69) is 12.1 Å². The second-order valence-corrected chi connectivity index (χ2v) is 4.05. The SMILES string of the molecule is Cl.N[C@H](c1cc2ccccc2o1)C1CC1. The van der Waals surface area contributed by atoms with Gasteiger partial charge >= 0.3 is 0 Å². The smallest absolute Gasteiger partial charge is 0.134 e. The molecule has 0 bridgehead atoms. The summed E-state index contributed by atoms with van der Waals surface area (Å²) in [5, 5.41) is 1.15. The van der Waals surface area contributed by atoms with E-state index in [-0.39, 0.29) is 18.4 Å². The minimum atomic E-state index is 0. The molecule has 1 fully saturated rings. The summed E-state index contributed by atoms with van der Waals surface area (Å²) in [6.07, 6.45) is 2.50. The number of rotatable bonds is 2. The van der Waals surface area contributed by atoms with Crippen molar-refractivity contribution in [1.82, 2.24) is 0 Å². The van der Waals surface area contributed by atoms with Crippen molar-refractivity contribution in [1.29, 1.82) is 0 Å². The summed E-state index contributed by atoms with van der Waals surface area (Å²) in [6.45, 7) is 0. The molecule has 0 radical (unpaired) electrons. The van der Waals surface area contributed by atoms with Gasteiger partial charge in [-0.05, 0) is 30.9 Å². The number of furan rings is 1. The first-order valence-corrected chi connectivity index (χ1v) is 5.08. The van der Waals surface area contributed by atoms with Crippen molar-refractivity contribution in [2.45, 2.75) is 18.9 Å². The van der Waals surface area contributed by atoms with Crippen LogP contribution >= 0.6 is 12.4 Å². The van der Waals surface area contributed by atoms with Gasteiger partial charge in [0.05, 0.1) is 6.04 Å². The van der Waals surface area contributed by atoms with Gasteiger partial charge in [-0.3, -0.25) is 0 Å². The lowest BCUT2D eigenvalue weighted by atomic mass is 10.1. The average Bonchev–Trinajstić information content (AvgIpc) is 2.95. The minimum Gasteiger partial charge on any atom is -0.459 e. The number of halogens is 1. The molecule has 3 rings (SSSR count). The predicted octanol–water partition coefficient (Wildman–Crippen LogP) is 3.26. The molecule has 0 unspecified atom stereocenters. The van der Waals surface area contributed by atoms with Crippen molar-refractivity contribution in [3.63, 3.8) is 0 Å². The van der Waals surface area contributed by atoms with E-state index >= 15 is 0 Å². The Morgan fingerprint density at radius 2 is 2.00 bits per heavy atom. The number of hydrogen-bond donors (Lipinski definition) is 1. The summed E-state index contributed by atoms with van der Waals surface area (Å²) in [5.41, 5.74) is 7.01. The zero-order chi connectivity index (χ0) is 9.54. The van der Waals surface area contributed by atoms with Crippen LogP contribution in [-0.2, 0) is 0 Å². The van der Waals surface area contributed by atoms with Crippen molar-refractivity contribution in [2.75, 3.05) is 0 Å². The van der Waals surface area contributed by atoms with Crippen molar-refractivity contribution in [3.05, 3.63) is 36.1 Å². The first-order chi connectivity index (χ1) is 6.84. The Balaban J connectivity index is 0.000000853. The third kappa shape index (κ3) is 1.87. The van der Waals surface area contributed by atoms with E-state index in [4.69, 9.17) is 10.2 Å². The molecule has 2 aromatic rings. The fourth-order valence-corrected chi connectivity index (χ4v) is 1.85. The molecule has 0 aliphatic heterocycles. The molecule has 1 aliphatic rings. The first-order valence-electron chi connectivity index (χ1n) is 5.08. The van der Waals surface area contributed by atoms with Crippen LogP contribution in [0.2, 0.25) is 0 Å². The average molecular weight is 224 g/mol. The first kappa shape index (κ1) is 10.5. The van der Waals surface area contributed by atoms with Crippen LogP contribution in [0.4, 0.5) is 0 Å². The summed E-state index contributed by atoms with van der Waals surface area (Å²) in [4.78, 5) is 0. The Kier molecular flexibility index (Phi) is 2.72. The van der Waals surface area contributed by atoms with E-state index in [0.29, 0.717) is 5.92 Å². The van der Waals surface area contributed by atoms with E-state index in [0.717, 1.165) is 16.7 Å². The Labute approximate surface area is 94.9 Å². The second-order valence-electron chi connectivity index (χ2n) is 4.05. The molecular weight excluding hydrogens is 210 g/mol. The maximum Gasteiger partial charge on any atom is 0.134 e. The topological polar surface area (TPSA) is 39.2 Å². The van der Waals surface area contributed by atoms with Gasteiger partial charge in [0, 0.05) is 5.39 Å². The fourth-order valence-electron chi connectivity index (χ4n) is 1.85. The van der Waals surface area contributed by atoms with Crippen molar-refractivity contribution in [3.8, 4) is 0 Å². The van der Waals surface area contributed by atoms with E-state index in [1.54, 1.807) is 0 Å². The van der Waals surface area contributed by atoms with Gasteiger partial charge in [0.25, 0.3) is 0 Å². The highest BCUT2D eigenvalue weighted by Gasteiger charge is 2.31. The number of para-hydroxylation sites is 1. The summed E-state index contributed by atoms with van der Waals surface area (Å²) in [5.74, 6) is 1.59. The molecule has 2 N–H and O–H groups in total. The van der Waals surface area contributed by atoms with Gasteiger partial charge in [-0.1, -0.05) is 18.2 Å². The van der Waals surface area contributed by atoms with Crippen molar-refractivity contribution >= 4 is 23.4 Å². The molecule has 1 heterocycles. The van der Waals surface area contributed by atoms with Gasteiger partial charge in [0.1, 0.15) is 11.3 Å². The van der Waals surface area contributed by atoms with Crippen LogP contribution in [0, 0.1) is 5.92 Å². The monoisotopic (exact) mass is 223 g/mol. The van der Waals surface area contributed by atoms with Crippen LogP contribution in [0.25, 0.3) is 11.0 Å². The third-order valence-electron chi connectivity index (χ3n) is 2.90. The molecular formula is C12H14ClNO. The molecule has 1 saturated carbocycles. The molecule has 0 amide bonds. The Bertz CT molecular complexity index is 428. The highest BCUT2D eigenvalue weighted by atomic mass is 35.5. The van der Waals surface area contributed by atoms with Crippen LogP contribution in [0.3, 0.4) is 0 Å². The van der Waals surface area contributed by atoms with Gasteiger partial charge in [-0.2, -0.15) is 0 Å². The standard InChI is InChI=1S/C12H13NO.ClH/c13-12(8-5-6-8)11-7-9-3-1-2-4-10(9)14-11;/h1-4,7-8,12H,5-6,13H2;1H/t12-;/m0./s1. The predicted molar refractivity (Wildman–Crippen MR) is 63.1 cm³/mol. The molecule has 80 valence electrons. The molecule has 2 nitrogen and oxygen atoms in total. The molecule has 1 atom stereocenters. The summed E-state index contributed by atoms with van der Waals surface area (Å²) < 4.78 is 5.71. The Morgan fingerprint density at radius 1 is 1.27 bits per heavy atom. The molecule has 1 aliphatic carbocycles. The van der Waals surface area contributed by atoms with Gasteiger partial charge in [0.2, 0.25) is 0 Å². The van der Waals surface area contributed by atoms with Gasteiger partial charge in [-0.15, -0.1) is 12.4 Å². The lowest BCUT2D eigenvalue weighted by molar-refractivity contribution is 0.467. The number of nitrogens with two attached hydrogens (primary N) is 1. The van der Waals surface area contributed by atoms with Crippen molar-refractivity contribution in [2.24, 2.45) is 11.7 Å². The van der Waals surface area contributed by atoms with Crippen LogP contribution < -0.4 is 5.73 Å². The van der Waals surface area contributed by atoms with Crippen LogP contribution in [0.5, 0.6) is 0 Å². The zero-order valence-corrected chi connectivity index (χ0v) is 9.17. The molecule has 1 aromatic carbocycles. The van der Waals surface area contributed by atoms with Crippen molar-refractivity contribution < 1.29 is 4.42 Å². The molecule has 3 heteroatoms. The lowest BCUT2D eigenvalue weighted by Gasteiger charge is -2.04. The van der Waals surface area contributed by atoms with Crippen LogP contribution in [0.15, 0.2) is 34.7 Å². The molecule has 15 heavy (non-hydrogen) atoms. The second kappa shape index (κ2) is 3.87. The maximum absolute atomic E-state index is 6.07. The van der Waals surface area contributed by atoms with Gasteiger partial charge < -0.3 is 10.2 Å². The number of benzene rings is 1. The van der Waals surface area contributed by atoms with Crippen LogP contribution in [-0.4, -0.2) is 0 Å². The normalized spacial score (nSPS) is 17.4. The summed E-state index contributed by atoms with van der Waals surface area (Å²) >= 11 is 0. The third-order valence-corrected chi connectivity index (χ3v) is 2.90. The quantitative estimate of drug-likeness (QED) is 0.849. The van der Waals surface area contributed by atoms with Gasteiger partial charge in [-0.25, -0.2) is 0 Å². The van der Waals surface area contributed by atoms with E-state index in [9.17, 15) is 0 Å². The fraction of sp³-hybridized carbons (Fsp3) is 0.333. The lowest BCUT2D eigenvalue weighted by Crippen LogP contribution is -2.10. The van der Waals surface area contributed by atoms with E-state index in [1.165, 1.54) is 12.8 Å². The molecule has 1 aromatic heterocycles. The minimum absolute atomic E-state index is 0. The molecule has 0 spiro atoms.